The molecule has 1 aromatic rings. The van der Waals surface area contributed by atoms with E-state index in [1.807, 2.05) is 25.2 Å². The highest BCUT2D eigenvalue weighted by Crippen LogP contribution is 2.33. The van der Waals surface area contributed by atoms with Crippen LogP contribution in [-0.4, -0.2) is 35.6 Å². The second-order valence-corrected chi connectivity index (χ2v) is 5.44. The van der Waals surface area contributed by atoms with Gasteiger partial charge in [-0.2, -0.15) is 0 Å². The van der Waals surface area contributed by atoms with Gasteiger partial charge in [-0.25, -0.2) is 0 Å². The number of benzene rings is 1. The lowest BCUT2D eigenvalue weighted by atomic mass is 10.1. The Hall–Kier alpha value is -1.55. The van der Waals surface area contributed by atoms with Gasteiger partial charge < -0.3 is 14.7 Å². The Balaban J connectivity index is 1.60. The molecule has 1 aromatic carbocycles. The average molecular weight is 261 g/mol. The highest BCUT2D eigenvalue weighted by atomic mass is 16.5. The number of carbonyl (C=O) groups excluding carboxylic acids is 1. The summed E-state index contributed by atoms with van der Waals surface area (Å²) in [5, 5.41) is 9.73. The maximum absolute atomic E-state index is 11.8. The lowest BCUT2D eigenvalue weighted by Gasteiger charge is -2.16. The van der Waals surface area contributed by atoms with Crippen LogP contribution in [0.25, 0.3) is 0 Å². The predicted octanol–water partition coefficient (Wildman–Crippen LogP) is 1.67. The lowest BCUT2D eigenvalue weighted by molar-refractivity contribution is -0.132. The molecular formula is C15H19NO3. The first-order chi connectivity index (χ1) is 9.15. The molecule has 0 radical (unpaired) electrons. The summed E-state index contributed by atoms with van der Waals surface area (Å²) in [4.78, 5) is 13.6. The number of nitrogens with zero attached hydrogens (tertiary/aromatic N) is 1. The van der Waals surface area contributed by atoms with Crippen molar-refractivity contribution in [3.63, 3.8) is 0 Å². The predicted molar refractivity (Wildman–Crippen MR) is 71.0 cm³/mol. The summed E-state index contributed by atoms with van der Waals surface area (Å²) in [7, 11) is 1.84. The van der Waals surface area contributed by atoms with Gasteiger partial charge in [0.2, 0.25) is 0 Å². The summed E-state index contributed by atoms with van der Waals surface area (Å²) in [6.45, 7) is 0.0916. The summed E-state index contributed by atoms with van der Waals surface area (Å²) in [6.07, 6.45) is 3.54. The zero-order chi connectivity index (χ0) is 13.4. The van der Waals surface area contributed by atoms with Crippen LogP contribution < -0.4 is 4.74 Å². The number of aliphatic hydroxyl groups is 1. The molecule has 102 valence electrons. The molecule has 4 nitrogen and oxygen atoms in total. The molecule has 1 N–H and O–H groups in total. The first-order valence-corrected chi connectivity index (χ1v) is 6.84. The molecule has 1 amide bonds. The summed E-state index contributed by atoms with van der Waals surface area (Å²) in [6, 6.07) is 6.09. The molecule has 4 heteroatoms. The van der Waals surface area contributed by atoms with Crippen LogP contribution in [0, 0.1) is 0 Å². The first-order valence-electron chi connectivity index (χ1n) is 6.84. The van der Waals surface area contributed by atoms with Crippen molar-refractivity contribution >= 4 is 5.91 Å². The molecule has 1 atom stereocenters. The van der Waals surface area contributed by atoms with Gasteiger partial charge in [0.15, 0.2) is 6.61 Å². The standard InChI is InChI=1S/C15H19NO3/c1-16(11-3-4-11)15(18)9-19-12-5-6-13-10(8-12)2-7-14(13)17/h5-6,8,11,14,17H,2-4,7,9H2,1H3/t14-/m1/s1. The Morgan fingerprint density at radius 1 is 1.42 bits per heavy atom. The van der Waals surface area contributed by atoms with Crippen LogP contribution in [0.2, 0.25) is 0 Å². The number of amides is 1. The van der Waals surface area contributed by atoms with Gasteiger partial charge in [-0.15, -0.1) is 0 Å². The van der Waals surface area contributed by atoms with Gasteiger partial charge in [0, 0.05) is 13.1 Å². The van der Waals surface area contributed by atoms with Crippen molar-refractivity contribution in [2.45, 2.75) is 37.8 Å². The molecular weight excluding hydrogens is 242 g/mol. The zero-order valence-corrected chi connectivity index (χ0v) is 11.1. The number of rotatable bonds is 4. The van der Waals surface area contributed by atoms with E-state index in [0.717, 1.165) is 36.8 Å². The van der Waals surface area contributed by atoms with Gasteiger partial charge in [0.05, 0.1) is 6.10 Å². The van der Waals surface area contributed by atoms with Gasteiger partial charge in [-0.05, 0) is 48.9 Å². The molecule has 0 saturated heterocycles. The maximum Gasteiger partial charge on any atom is 0.260 e. The fourth-order valence-electron chi connectivity index (χ4n) is 2.57. The minimum absolute atomic E-state index is 0.0306. The van der Waals surface area contributed by atoms with Crippen molar-refractivity contribution in [1.82, 2.24) is 4.90 Å². The van der Waals surface area contributed by atoms with Gasteiger partial charge in [-0.1, -0.05) is 6.07 Å². The smallest absolute Gasteiger partial charge is 0.260 e. The number of likely N-dealkylation sites (N-methyl/N-ethyl adjacent to an activating group) is 1. The molecule has 0 unspecified atom stereocenters. The number of aryl methyl sites for hydroxylation is 1. The molecule has 3 rings (SSSR count). The first kappa shape index (κ1) is 12.5. The van der Waals surface area contributed by atoms with Gasteiger partial charge in [-0.3, -0.25) is 4.79 Å². The van der Waals surface area contributed by atoms with Gasteiger partial charge >= 0.3 is 0 Å². The normalized spacial score (nSPS) is 21.1. The molecule has 0 heterocycles. The van der Waals surface area contributed by atoms with Crippen LogP contribution in [0.4, 0.5) is 0 Å². The topological polar surface area (TPSA) is 49.8 Å². The van der Waals surface area contributed by atoms with Crippen LogP contribution in [0.5, 0.6) is 5.75 Å². The van der Waals surface area contributed by atoms with Crippen molar-refractivity contribution in [2.75, 3.05) is 13.7 Å². The van der Waals surface area contributed by atoms with Crippen LogP contribution >= 0.6 is 0 Å². The molecule has 19 heavy (non-hydrogen) atoms. The maximum atomic E-state index is 11.8. The summed E-state index contributed by atoms with van der Waals surface area (Å²) in [5.74, 6) is 0.744. The third-order valence-corrected chi connectivity index (χ3v) is 4.01. The minimum atomic E-state index is -0.341. The molecule has 1 fully saturated rings. The number of fused-ring (bicyclic) bond motifs is 1. The monoisotopic (exact) mass is 261 g/mol. The van der Waals surface area contributed by atoms with E-state index in [1.54, 1.807) is 4.90 Å². The highest BCUT2D eigenvalue weighted by Gasteiger charge is 2.29. The Kier molecular flexibility index (Phi) is 3.19. The van der Waals surface area contributed by atoms with Crippen LogP contribution in [0.1, 0.15) is 36.5 Å². The number of hydrogen-bond acceptors (Lipinski definition) is 3. The van der Waals surface area contributed by atoms with E-state index in [1.165, 1.54) is 0 Å². The third kappa shape index (κ3) is 2.59. The second-order valence-electron chi connectivity index (χ2n) is 5.44. The van der Waals surface area contributed by atoms with Crippen molar-refractivity contribution < 1.29 is 14.6 Å². The SMILES string of the molecule is CN(C(=O)COc1ccc2c(c1)CC[C@H]2O)C1CC1. The van der Waals surface area contributed by atoms with Crippen molar-refractivity contribution in [3.8, 4) is 5.75 Å². The van der Waals surface area contributed by atoms with E-state index in [4.69, 9.17) is 4.74 Å². The number of carbonyl (C=O) groups is 1. The van der Waals surface area contributed by atoms with Crippen molar-refractivity contribution in [2.24, 2.45) is 0 Å². The van der Waals surface area contributed by atoms with Crippen molar-refractivity contribution in [1.29, 1.82) is 0 Å². The quantitative estimate of drug-likeness (QED) is 0.897. The molecule has 2 aliphatic carbocycles. The van der Waals surface area contributed by atoms with E-state index in [-0.39, 0.29) is 18.6 Å². The van der Waals surface area contributed by atoms with Crippen LogP contribution in [0.3, 0.4) is 0 Å². The van der Waals surface area contributed by atoms with Crippen LogP contribution in [-0.2, 0) is 11.2 Å². The highest BCUT2D eigenvalue weighted by molar-refractivity contribution is 5.78. The van der Waals surface area contributed by atoms with Crippen molar-refractivity contribution in [3.05, 3.63) is 29.3 Å². The summed E-state index contributed by atoms with van der Waals surface area (Å²) >= 11 is 0. The second kappa shape index (κ2) is 4.85. The lowest BCUT2D eigenvalue weighted by Crippen LogP contribution is -2.33. The fraction of sp³-hybridized carbons (Fsp3) is 0.533. The number of aliphatic hydroxyl groups excluding tert-OH is 1. The van der Waals surface area contributed by atoms with E-state index < -0.39 is 0 Å². The number of ether oxygens (including phenoxy) is 1. The Morgan fingerprint density at radius 3 is 2.95 bits per heavy atom. The summed E-state index contributed by atoms with van der Waals surface area (Å²) < 4.78 is 5.55. The molecule has 0 aromatic heterocycles. The molecule has 2 aliphatic rings. The fourth-order valence-corrected chi connectivity index (χ4v) is 2.57. The van der Waals surface area contributed by atoms with E-state index >= 15 is 0 Å². The molecule has 0 aliphatic heterocycles. The van der Waals surface area contributed by atoms with E-state index in [9.17, 15) is 9.90 Å². The Bertz CT molecular complexity index is 496. The molecule has 0 spiro atoms. The average Bonchev–Trinajstić information content (AvgIpc) is 3.20. The van der Waals surface area contributed by atoms with Gasteiger partial charge in [0.1, 0.15) is 5.75 Å². The largest absolute Gasteiger partial charge is 0.484 e. The molecule has 1 saturated carbocycles. The number of hydrogen-bond donors (Lipinski definition) is 1. The Labute approximate surface area is 113 Å². The third-order valence-electron chi connectivity index (χ3n) is 4.01. The molecule has 0 bridgehead atoms. The summed E-state index contributed by atoms with van der Waals surface area (Å²) in [5.41, 5.74) is 2.13. The minimum Gasteiger partial charge on any atom is -0.484 e. The van der Waals surface area contributed by atoms with Crippen LogP contribution in [0.15, 0.2) is 18.2 Å². The van der Waals surface area contributed by atoms with E-state index in [2.05, 4.69) is 0 Å². The zero-order valence-electron chi connectivity index (χ0n) is 11.1. The Morgan fingerprint density at radius 2 is 2.21 bits per heavy atom. The van der Waals surface area contributed by atoms with Gasteiger partial charge in [0.25, 0.3) is 5.91 Å². The van der Waals surface area contributed by atoms with E-state index in [0.29, 0.717) is 11.8 Å².